The third-order valence-corrected chi connectivity index (χ3v) is 3.21. The van der Waals surface area contributed by atoms with Crippen LogP contribution in [-0.2, 0) is 4.74 Å². The quantitative estimate of drug-likeness (QED) is 0.845. The maximum absolute atomic E-state index is 13.3. The van der Waals surface area contributed by atoms with Gasteiger partial charge < -0.3 is 15.0 Å². The molecule has 1 aromatic heterocycles. The molecule has 2 amide bonds. The van der Waals surface area contributed by atoms with E-state index in [1.807, 2.05) is 0 Å². The Morgan fingerprint density at radius 1 is 1.45 bits per heavy atom. The number of hydrogen-bond acceptors (Lipinski definition) is 4. The molecule has 2 heterocycles. The van der Waals surface area contributed by atoms with Gasteiger partial charge in [-0.05, 0) is 26.8 Å². The molecular weight excluding hydrogens is 313 g/mol. The summed E-state index contributed by atoms with van der Waals surface area (Å²) in [4.78, 5) is 28.7. The lowest BCUT2D eigenvalue weighted by Gasteiger charge is -2.39. The second-order valence-corrected chi connectivity index (χ2v) is 6.41. The van der Waals surface area contributed by atoms with Crippen molar-refractivity contribution in [1.29, 1.82) is 0 Å². The van der Waals surface area contributed by atoms with E-state index in [2.05, 4.69) is 10.3 Å². The lowest BCUT2D eigenvalue weighted by molar-refractivity contribution is 0.00533. The maximum Gasteiger partial charge on any atom is 0.410 e. The maximum atomic E-state index is 13.3. The zero-order valence-corrected chi connectivity index (χ0v) is 13.3. The van der Waals surface area contributed by atoms with Crippen LogP contribution in [0.25, 0.3) is 0 Å². The molecule has 2 rings (SSSR count). The molecule has 1 aliphatic heterocycles. The Morgan fingerprint density at radius 3 is 2.64 bits per heavy atom. The molecule has 0 aromatic carbocycles. The predicted molar refractivity (Wildman–Crippen MR) is 78.3 cm³/mol. The summed E-state index contributed by atoms with van der Waals surface area (Å²) in [6.45, 7) is 6.05. The number of halogens is 2. The standard InChI is InChI=1S/C14H17ClFN3O3/c1-14(2,3)22-13(21)19-6-9(7-19)18-12(20)8-4-10(16)11(15)17-5-8/h4-5,9H,6-7H2,1-3H3,(H,18,20). The molecule has 8 heteroatoms. The van der Waals surface area contributed by atoms with Gasteiger partial charge in [-0.1, -0.05) is 11.6 Å². The van der Waals surface area contributed by atoms with Crippen molar-refractivity contribution in [3.05, 3.63) is 28.8 Å². The van der Waals surface area contributed by atoms with Gasteiger partial charge in [0.1, 0.15) is 5.60 Å². The van der Waals surface area contributed by atoms with Crippen molar-refractivity contribution in [2.24, 2.45) is 0 Å². The minimum atomic E-state index is -0.752. The molecule has 0 bridgehead atoms. The third-order valence-electron chi connectivity index (χ3n) is 2.93. The summed E-state index contributed by atoms with van der Waals surface area (Å²) in [6, 6.07) is 0.827. The molecule has 6 nitrogen and oxygen atoms in total. The monoisotopic (exact) mass is 329 g/mol. The first-order valence-electron chi connectivity index (χ1n) is 6.75. The number of pyridine rings is 1. The van der Waals surface area contributed by atoms with Crippen LogP contribution in [0.2, 0.25) is 5.15 Å². The number of nitrogens with zero attached hydrogens (tertiary/aromatic N) is 2. The minimum Gasteiger partial charge on any atom is -0.444 e. The second-order valence-electron chi connectivity index (χ2n) is 6.05. The van der Waals surface area contributed by atoms with Crippen molar-refractivity contribution in [1.82, 2.24) is 15.2 Å². The Kier molecular flexibility index (Phi) is 4.55. The molecule has 22 heavy (non-hydrogen) atoms. The fourth-order valence-corrected chi connectivity index (χ4v) is 1.96. The Bertz CT molecular complexity index is 597. The van der Waals surface area contributed by atoms with Gasteiger partial charge in [0.05, 0.1) is 11.6 Å². The normalized spacial score (nSPS) is 15.2. The van der Waals surface area contributed by atoms with E-state index in [9.17, 15) is 14.0 Å². The molecule has 1 N–H and O–H groups in total. The average Bonchev–Trinajstić information content (AvgIpc) is 2.34. The zero-order chi connectivity index (χ0) is 16.5. The predicted octanol–water partition coefficient (Wildman–Crippen LogP) is 2.22. The number of hydrogen-bond donors (Lipinski definition) is 1. The number of ether oxygens (including phenoxy) is 1. The van der Waals surface area contributed by atoms with Crippen LogP contribution in [0.5, 0.6) is 0 Å². The number of carbonyl (C=O) groups is 2. The van der Waals surface area contributed by atoms with Gasteiger partial charge >= 0.3 is 6.09 Å². The van der Waals surface area contributed by atoms with E-state index in [0.29, 0.717) is 13.1 Å². The van der Waals surface area contributed by atoms with Gasteiger partial charge in [-0.3, -0.25) is 4.79 Å². The van der Waals surface area contributed by atoms with Crippen molar-refractivity contribution < 1.29 is 18.7 Å². The first-order valence-corrected chi connectivity index (χ1v) is 7.13. The molecule has 0 aliphatic carbocycles. The molecule has 1 aromatic rings. The van der Waals surface area contributed by atoms with Gasteiger partial charge in [-0.15, -0.1) is 0 Å². The topological polar surface area (TPSA) is 71.5 Å². The first-order chi connectivity index (χ1) is 10.2. The Labute approximate surface area is 132 Å². The summed E-state index contributed by atoms with van der Waals surface area (Å²) in [5.41, 5.74) is -0.476. The largest absolute Gasteiger partial charge is 0.444 e. The number of likely N-dealkylation sites (tertiary alicyclic amines) is 1. The number of rotatable bonds is 2. The summed E-state index contributed by atoms with van der Waals surface area (Å²) >= 11 is 5.46. The van der Waals surface area contributed by atoms with E-state index >= 15 is 0 Å². The van der Waals surface area contributed by atoms with Crippen molar-refractivity contribution in [2.75, 3.05) is 13.1 Å². The van der Waals surface area contributed by atoms with Crippen molar-refractivity contribution in [3.8, 4) is 0 Å². The van der Waals surface area contributed by atoms with Gasteiger partial charge in [-0.2, -0.15) is 0 Å². The number of amides is 2. The van der Waals surface area contributed by atoms with Crippen molar-refractivity contribution in [3.63, 3.8) is 0 Å². The first kappa shape index (κ1) is 16.5. The van der Waals surface area contributed by atoms with Crippen LogP contribution >= 0.6 is 11.6 Å². The van der Waals surface area contributed by atoms with Gasteiger partial charge in [0.25, 0.3) is 5.91 Å². The van der Waals surface area contributed by atoms with Gasteiger partial charge in [0, 0.05) is 19.3 Å². The summed E-state index contributed by atoms with van der Waals surface area (Å²) in [5, 5.41) is 2.41. The summed E-state index contributed by atoms with van der Waals surface area (Å²) < 4.78 is 18.5. The highest BCUT2D eigenvalue weighted by Crippen LogP contribution is 2.16. The van der Waals surface area contributed by atoms with Crippen molar-refractivity contribution >= 4 is 23.6 Å². The van der Waals surface area contributed by atoms with Crippen molar-refractivity contribution in [2.45, 2.75) is 32.4 Å². The highest BCUT2D eigenvalue weighted by atomic mass is 35.5. The van der Waals surface area contributed by atoms with Crippen LogP contribution in [0.15, 0.2) is 12.3 Å². The SMILES string of the molecule is CC(C)(C)OC(=O)N1CC(NC(=O)c2cnc(Cl)c(F)c2)C1. The number of nitrogens with one attached hydrogen (secondary N) is 1. The van der Waals surface area contributed by atoms with Crippen LogP contribution in [0, 0.1) is 5.82 Å². The minimum absolute atomic E-state index is 0.0811. The van der Waals surface area contributed by atoms with E-state index in [4.69, 9.17) is 16.3 Å². The van der Waals surface area contributed by atoms with Crippen LogP contribution in [0.3, 0.4) is 0 Å². The van der Waals surface area contributed by atoms with Gasteiger partial charge in [0.15, 0.2) is 11.0 Å². The molecule has 0 spiro atoms. The smallest absolute Gasteiger partial charge is 0.410 e. The van der Waals surface area contributed by atoms with E-state index in [1.165, 1.54) is 11.1 Å². The Hall–Kier alpha value is -1.89. The van der Waals surface area contributed by atoms with Gasteiger partial charge in [0.2, 0.25) is 0 Å². The van der Waals surface area contributed by atoms with E-state index in [-0.39, 0.29) is 16.8 Å². The summed E-state index contributed by atoms with van der Waals surface area (Å²) in [7, 11) is 0. The highest BCUT2D eigenvalue weighted by Gasteiger charge is 2.34. The fraction of sp³-hybridized carbons (Fsp3) is 0.500. The summed E-state index contributed by atoms with van der Waals surface area (Å²) in [5.74, 6) is -1.21. The lowest BCUT2D eigenvalue weighted by Crippen LogP contribution is -2.61. The highest BCUT2D eigenvalue weighted by molar-refractivity contribution is 6.29. The zero-order valence-electron chi connectivity index (χ0n) is 12.5. The second kappa shape index (κ2) is 6.08. The molecule has 0 unspecified atom stereocenters. The number of aromatic nitrogens is 1. The van der Waals surface area contributed by atoms with Crippen LogP contribution in [0.4, 0.5) is 9.18 Å². The number of carbonyl (C=O) groups excluding carboxylic acids is 2. The third kappa shape index (κ3) is 4.07. The molecule has 0 atom stereocenters. The van der Waals surface area contributed by atoms with Crippen LogP contribution in [-0.4, -0.2) is 46.6 Å². The fourth-order valence-electron chi connectivity index (χ4n) is 1.86. The average molecular weight is 330 g/mol. The van der Waals surface area contributed by atoms with E-state index in [0.717, 1.165) is 6.07 Å². The van der Waals surface area contributed by atoms with Crippen LogP contribution in [0.1, 0.15) is 31.1 Å². The Balaban J connectivity index is 1.83. The van der Waals surface area contributed by atoms with Gasteiger partial charge in [-0.25, -0.2) is 14.2 Å². The molecule has 0 radical (unpaired) electrons. The molecule has 1 saturated heterocycles. The van der Waals surface area contributed by atoms with Crippen LogP contribution < -0.4 is 5.32 Å². The molecular formula is C14H17ClFN3O3. The Morgan fingerprint density at radius 2 is 2.09 bits per heavy atom. The van der Waals surface area contributed by atoms with E-state index < -0.39 is 23.4 Å². The van der Waals surface area contributed by atoms with E-state index in [1.54, 1.807) is 20.8 Å². The lowest BCUT2D eigenvalue weighted by atomic mass is 10.1. The summed E-state index contributed by atoms with van der Waals surface area (Å²) in [6.07, 6.45) is 0.780. The molecule has 0 saturated carbocycles. The molecule has 1 aliphatic rings. The molecule has 1 fully saturated rings. The molecule has 120 valence electrons.